The lowest BCUT2D eigenvalue weighted by Gasteiger charge is -2.24. The third kappa shape index (κ3) is 2.76. The van der Waals surface area contributed by atoms with Gasteiger partial charge < -0.3 is 4.57 Å². The van der Waals surface area contributed by atoms with E-state index in [-0.39, 0.29) is 0 Å². The third-order valence-electron chi connectivity index (χ3n) is 5.27. The molecule has 1 atom stereocenters. The highest BCUT2D eigenvalue weighted by atomic mass is 32.1. The number of hydrogen-bond donors (Lipinski definition) is 0. The van der Waals surface area contributed by atoms with E-state index in [4.69, 9.17) is 17.3 Å². The van der Waals surface area contributed by atoms with Crippen molar-refractivity contribution in [2.45, 2.75) is 57.8 Å². The van der Waals surface area contributed by atoms with E-state index in [2.05, 4.69) is 40.8 Å². The van der Waals surface area contributed by atoms with Crippen LogP contribution < -0.4 is 0 Å². The summed E-state index contributed by atoms with van der Waals surface area (Å²) >= 11 is 5.68. The summed E-state index contributed by atoms with van der Waals surface area (Å²) < 4.78 is 5.16. The molecule has 122 valence electrons. The van der Waals surface area contributed by atoms with Gasteiger partial charge in [0.25, 0.3) is 0 Å². The topological polar surface area (TPSA) is 26.0 Å². The Kier molecular flexibility index (Phi) is 4.07. The van der Waals surface area contributed by atoms with Crippen molar-refractivity contribution in [3.8, 4) is 0 Å². The van der Waals surface area contributed by atoms with Gasteiger partial charge in [0.05, 0.1) is 6.67 Å². The highest BCUT2D eigenvalue weighted by Crippen LogP contribution is 2.34. The molecule has 0 radical (unpaired) electrons. The molecule has 0 amide bonds. The lowest BCUT2D eigenvalue weighted by molar-refractivity contribution is 0.181. The van der Waals surface area contributed by atoms with Gasteiger partial charge in [0.2, 0.25) is 0 Å². The van der Waals surface area contributed by atoms with Crippen LogP contribution in [-0.4, -0.2) is 26.3 Å². The number of aromatic nitrogens is 3. The molecule has 2 aliphatic rings. The van der Waals surface area contributed by atoms with Crippen molar-refractivity contribution in [2.24, 2.45) is 0 Å². The summed E-state index contributed by atoms with van der Waals surface area (Å²) in [5.41, 5.74) is 2.97. The molecule has 0 saturated carbocycles. The Bertz CT molecular complexity index is 761. The highest BCUT2D eigenvalue weighted by Gasteiger charge is 2.26. The van der Waals surface area contributed by atoms with Crippen LogP contribution in [-0.2, 0) is 26.1 Å². The lowest BCUT2D eigenvalue weighted by Crippen LogP contribution is -2.26. The van der Waals surface area contributed by atoms with E-state index in [0.717, 1.165) is 24.4 Å². The van der Waals surface area contributed by atoms with Gasteiger partial charge >= 0.3 is 0 Å². The molecule has 1 aliphatic heterocycles. The van der Waals surface area contributed by atoms with Crippen LogP contribution in [0, 0.1) is 4.77 Å². The predicted octanol–water partition coefficient (Wildman–Crippen LogP) is 3.72. The summed E-state index contributed by atoms with van der Waals surface area (Å²) in [6.45, 7) is 1.81. The molecule has 2 heterocycles. The first-order chi connectivity index (χ1) is 11.2. The van der Waals surface area contributed by atoms with E-state index in [1.807, 2.05) is 4.68 Å². The van der Waals surface area contributed by atoms with Crippen molar-refractivity contribution in [2.75, 3.05) is 7.05 Å². The zero-order chi connectivity index (χ0) is 15.8. The number of hydrogen-bond acceptors (Lipinski definition) is 3. The molecular weight excluding hydrogens is 304 g/mol. The van der Waals surface area contributed by atoms with Gasteiger partial charge in [-0.15, -0.1) is 0 Å². The molecular formula is C18H24N4S. The molecule has 1 aromatic carbocycles. The Morgan fingerprint density at radius 2 is 2.09 bits per heavy atom. The second-order valence-electron chi connectivity index (χ2n) is 6.81. The fourth-order valence-corrected chi connectivity index (χ4v) is 4.31. The minimum atomic E-state index is 0.481. The predicted molar refractivity (Wildman–Crippen MR) is 93.9 cm³/mol. The summed E-state index contributed by atoms with van der Waals surface area (Å²) in [6.07, 6.45) is 7.17. The molecule has 0 N–H and O–H groups in total. The first-order valence-electron chi connectivity index (χ1n) is 8.68. The molecule has 4 nitrogen and oxygen atoms in total. The Labute approximate surface area is 142 Å². The maximum atomic E-state index is 5.68. The van der Waals surface area contributed by atoms with Crippen LogP contribution in [0.25, 0.3) is 0 Å². The molecule has 1 unspecified atom stereocenters. The van der Waals surface area contributed by atoms with Gasteiger partial charge in [-0.3, -0.25) is 4.90 Å². The Morgan fingerprint density at radius 3 is 3.00 bits per heavy atom. The Balaban J connectivity index is 1.56. The fraction of sp³-hybridized carbons (Fsp3) is 0.556. The molecule has 2 aromatic rings. The average molecular weight is 328 g/mol. The molecule has 1 aromatic heterocycles. The van der Waals surface area contributed by atoms with Crippen LogP contribution >= 0.6 is 12.2 Å². The van der Waals surface area contributed by atoms with Crippen LogP contribution in [0.15, 0.2) is 24.3 Å². The summed E-state index contributed by atoms with van der Waals surface area (Å²) in [6, 6.07) is 9.30. The standard InChI is InChI=1S/C18H24N4S/c1-20(16-11-10-14-7-4-5-8-15(14)16)13-22-18(23)21-12-6-2-3-9-17(21)19-22/h4-5,7-8,16H,2-3,6,9-13H2,1H3. The maximum Gasteiger partial charge on any atom is 0.199 e. The van der Waals surface area contributed by atoms with Crippen LogP contribution in [0.4, 0.5) is 0 Å². The number of aryl methyl sites for hydroxylation is 2. The van der Waals surface area contributed by atoms with Gasteiger partial charge in [-0.1, -0.05) is 30.7 Å². The van der Waals surface area contributed by atoms with Crippen LogP contribution in [0.5, 0.6) is 0 Å². The van der Waals surface area contributed by atoms with Crippen LogP contribution in [0.1, 0.15) is 48.7 Å². The Hall–Kier alpha value is -1.46. The minimum absolute atomic E-state index is 0.481. The quantitative estimate of drug-likeness (QED) is 0.803. The smallest absolute Gasteiger partial charge is 0.199 e. The summed E-state index contributed by atoms with van der Waals surface area (Å²) in [5, 5.41) is 4.81. The van der Waals surface area contributed by atoms with E-state index < -0.39 is 0 Å². The van der Waals surface area contributed by atoms with E-state index in [9.17, 15) is 0 Å². The number of benzene rings is 1. The van der Waals surface area contributed by atoms with E-state index in [0.29, 0.717) is 6.04 Å². The van der Waals surface area contributed by atoms with Gasteiger partial charge in [-0.2, -0.15) is 5.10 Å². The summed E-state index contributed by atoms with van der Waals surface area (Å²) in [4.78, 5) is 2.40. The van der Waals surface area contributed by atoms with Gasteiger partial charge in [0, 0.05) is 19.0 Å². The van der Waals surface area contributed by atoms with E-state index in [1.54, 1.807) is 0 Å². The second-order valence-corrected chi connectivity index (χ2v) is 7.18. The minimum Gasteiger partial charge on any atom is -0.304 e. The molecule has 23 heavy (non-hydrogen) atoms. The zero-order valence-electron chi connectivity index (χ0n) is 13.7. The van der Waals surface area contributed by atoms with Crippen molar-refractivity contribution in [1.82, 2.24) is 19.2 Å². The Morgan fingerprint density at radius 1 is 1.22 bits per heavy atom. The SMILES string of the molecule is CN(Cn1nc2n(c1=S)CCCCC2)C1CCc2ccccc21. The van der Waals surface area contributed by atoms with Crippen LogP contribution in [0.2, 0.25) is 0 Å². The lowest BCUT2D eigenvalue weighted by atomic mass is 10.1. The molecule has 0 spiro atoms. The van der Waals surface area contributed by atoms with Gasteiger partial charge in [0.15, 0.2) is 4.77 Å². The van der Waals surface area contributed by atoms with Gasteiger partial charge in [-0.05, 0) is 56.1 Å². The summed E-state index contributed by atoms with van der Waals surface area (Å²) in [5.74, 6) is 1.17. The number of nitrogens with zero attached hydrogens (tertiary/aromatic N) is 4. The monoisotopic (exact) mass is 328 g/mol. The molecule has 0 saturated heterocycles. The number of fused-ring (bicyclic) bond motifs is 2. The van der Waals surface area contributed by atoms with Crippen LogP contribution in [0.3, 0.4) is 0 Å². The van der Waals surface area contributed by atoms with Crippen molar-refractivity contribution >= 4 is 12.2 Å². The van der Waals surface area contributed by atoms with E-state index in [1.165, 1.54) is 49.1 Å². The molecule has 0 bridgehead atoms. The molecule has 5 heteroatoms. The molecule has 0 fully saturated rings. The van der Waals surface area contributed by atoms with Crippen molar-refractivity contribution < 1.29 is 0 Å². The van der Waals surface area contributed by atoms with Crippen molar-refractivity contribution in [1.29, 1.82) is 0 Å². The molecule has 4 rings (SSSR count). The van der Waals surface area contributed by atoms with Gasteiger partial charge in [0.1, 0.15) is 5.82 Å². The van der Waals surface area contributed by atoms with Gasteiger partial charge in [-0.25, -0.2) is 4.68 Å². The van der Waals surface area contributed by atoms with Crippen molar-refractivity contribution in [3.05, 3.63) is 46.0 Å². The normalized spacial score (nSPS) is 20.3. The average Bonchev–Trinajstić information content (AvgIpc) is 3.01. The summed E-state index contributed by atoms with van der Waals surface area (Å²) in [7, 11) is 2.19. The highest BCUT2D eigenvalue weighted by molar-refractivity contribution is 7.71. The largest absolute Gasteiger partial charge is 0.304 e. The second kappa shape index (κ2) is 6.21. The fourth-order valence-electron chi connectivity index (χ4n) is 4.02. The first kappa shape index (κ1) is 15.1. The third-order valence-corrected chi connectivity index (χ3v) is 5.70. The van der Waals surface area contributed by atoms with E-state index >= 15 is 0 Å². The zero-order valence-corrected chi connectivity index (χ0v) is 14.6. The number of rotatable bonds is 3. The van der Waals surface area contributed by atoms with Crippen molar-refractivity contribution in [3.63, 3.8) is 0 Å². The first-order valence-corrected chi connectivity index (χ1v) is 9.09. The molecule has 1 aliphatic carbocycles. The maximum absolute atomic E-state index is 5.68.